The van der Waals surface area contributed by atoms with E-state index in [9.17, 15) is 13.2 Å². The van der Waals surface area contributed by atoms with Gasteiger partial charge >= 0.3 is 0 Å². The fraction of sp³-hybridized carbons (Fsp3) is 0.381. The highest BCUT2D eigenvalue weighted by molar-refractivity contribution is 7.89. The SMILES string of the molecule is CCC(=O)Nc1ccc(S(=O)(=O)NCCN2CCN(c3ccccc3)CC2)cc1. The van der Waals surface area contributed by atoms with E-state index in [1.54, 1.807) is 19.1 Å². The van der Waals surface area contributed by atoms with Crippen LogP contribution in [0, 0.1) is 0 Å². The van der Waals surface area contributed by atoms with E-state index in [1.165, 1.54) is 17.8 Å². The number of carbonyl (C=O) groups is 1. The summed E-state index contributed by atoms with van der Waals surface area (Å²) in [5, 5.41) is 2.71. The Balaban J connectivity index is 1.44. The van der Waals surface area contributed by atoms with Crippen molar-refractivity contribution in [1.82, 2.24) is 9.62 Å². The van der Waals surface area contributed by atoms with Crippen LogP contribution in [0.2, 0.25) is 0 Å². The minimum absolute atomic E-state index is 0.105. The molecule has 0 spiro atoms. The molecule has 0 saturated carbocycles. The van der Waals surface area contributed by atoms with Gasteiger partial charge in [0.15, 0.2) is 0 Å². The predicted molar refractivity (Wildman–Crippen MR) is 116 cm³/mol. The minimum Gasteiger partial charge on any atom is -0.369 e. The largest absolute Gasteiger partial charge is 0.369 e. The number of anilines is 2. The van der Waals surface area contributed by atoms with Gasteiger partial charge in [0.2, 0.25) is 15.9 Å². The molecule has 29 heavy (non-hydrogen) atoms. The Morgan fingerprint density at radius 3 is 2.24 bits per heavy atom. The molecule has 2 N–H and O–H groups in total. The highest BCUT2D eigenvalue weighted by Crippen LogP contribution is 2.16. The van der Waals surface area contributed by atoms with Crippen molar-refractivity contribution in [3.05, 3.63) is 54.6 Å². The van der Waals surface area contributed by atoms with Crippen molar-refractivity contribution in [2.75, 3.05) is 49.5 Å². The monoisotopic (exact) mass is 416 g/mol. The van der Waals surface area contributed by atoms with Gasteiger partial charge in [0.25, 0.3) is 0 Å². The summed E-state index contributed by atoms with van der Waals surface area (Å²) in [5.41, 5.74) is 1.82. The Kier molecular flexibility index (Phi) is 7.24. The molecule has 7 nitrogen and oxygen atoms in total. The number of benzene rings is 2. The molecule has 2 aromatic carbocycles. The first-order valence-electron chi connectivity index (χ1n) is 9.90. The van der Waals surface area contributed by atoms with Gasteiger partial charge in [-0.3, -0.25) is 9.69 Å². The fourth-order valence-electron chi connectivity index (χ4n) is 3.26. The van der Waals surface area contributed by atoms with Gasteiger partial charge in [-0.1, -0.05) is 25.1 Å². The summed E-state index contributed by atoms with van der Waals surface area (Å²) < 4.78 is 27.6. The number of sulfonamides is 1. The predicted octanol–water partition coefficient (Wildman–Crippen LogP) is 2.14. The molecule has 1 saturated heterocycles. The van der Waals surface area contributed by atoms with Gasteiger partial charge in [-0.2, -0.15) is 0 Å². The topological polar surface area (TPSA) is 81.7 Å². The van der Waals surface area contributed by atoms with E-state index in [0.717, 1.165) is 26.2 Å². The molecule has 3 rings (SSSR count). The van der Waals surface area contributed by atoms with Crippen LogP contribution in [0.1, 0.15) is 13.3 Å². The van der Waals surface area contributed by atoms with E-state index in [2.05, 4.69) is 32.0 Å². The maximum atomic E-state index is 12.5. The molecule has 1 heterocycles. The van der Waals surface area contributed by atoms with Crippen molar-refractivity contribution >= 4 is 27.3 Å². The van der Waals surface area contributed by atoms with Crippen LogP contribution in [-0.2, 0) is 14.8 Å². The number of nitrogens with one attached hydrogen (secondary N) is 2. The average molecular weight is 417 g/mol. The number of rotatable bonds is 8. The third-order valence-electron chi connectivity index (χ3n) is 4.98. The molecule has 1 aliphatic rings. The molecular weight excluding hydrogens is 388 g/mol. The smallest absolute Gasteiger partial charge is 0.240 e. The molecule has 0 aliphatic carbocycles. The zero-order chi connectivity index (χ0) is 20.7. The second-order valence-electron chi connectivity index (χ2n) is 6.99. The van der Waals surface area contributed by atoms with E-state index in [4.69, 9.17) is 0 Å². The first kappa shape index (κ1) is 21.3. The van der Waals surface area contributed by atoms with Crippen molar-refractivity contribution in [2.45, 2.75) is 18.2 Å². The molecule has 156 valence electrons. The lowest BCUT2D eigenvalue weighted by Crippen LogP contribution is -2.48. The minimum atomic E-state index is -3.57. The maximum absolute atomic E-state index is 12.5. The van der Waals surface area contributed by atoms with E-state index in [-0.39, 0.29) is 10.8 Å². The van der Waals surface area contributed by atoms with Gasteiger partial charge in [-0.15, -0.1) is 0 Å². The summed E-state index contributed by atoms with van der Waals surface area (Å²) in [6.07, 6.45) is 0.376. The summed E-state index contributed by atoms with van der Waals surface area (Å²) in [5.74, 6) is -0.105. The Morgan fingerprint density at radius 1 is 0.966 bits per heavy atom. The molecule has 0 aromatic heterocycles. The van der Waals surface area contributed by atoms with Crippen LogP contribution in [0.4, 0.5) is 11.4 Å². The number of nitrogens with zero attached hydrogens (tertiary/aromatic N) is 2. The summed E-state index contributed by atoms with van der Waals surface area (Å²) in [7, 11) is -3.57. The van der Waals surface area contributed by atoms with E-state index in [1.807, 2.05) is 18.2 Å². The van der Waals surface area contributed by atoms with Crippen molar-refractivity contribution in [1.29, 1.82) is 0 Å². The Labute approximate surface area is 172 Å². The van der Waals surface area contributed by atoms with Gasteiger partial charge in [-0.05, 0) is 36.4 Å². The van der Waals surface area contributed by atoms with Crippen molar-refractivity contribution < 1.29 is 13.2 Å². The van der Waals surface area contributed by atoms with Crippen LogP contribution in [0.25, 0.3) is 0 Å². The second-order valence-corrected chi connectivity index (χ2v) is 8.76. The van der Waals surface area contributed by atoms with E-state index < -0.39 is 10.0 Å². The Bertz CT molecular complexity index is 893. The van der Waals surface area contributed by atoms with Gasteiger partial charge in [-0.25, -0.2) is 13.1 Å². The molecule has 1 fully saturated rings. The average Bonchev–Trinajstić information content (AvgIpc) is 2.75. The first-order chi connectivity index (χ1) is 14.0. The normalized spacial score (nSPS) is 15.3. The molecule has 8 heteroatoms. The van der Waals surface area contributed by atoms with Crippen LogP contribution in [0.15, 0.2) is 59.5 Å². The number of amides is 1. The summed E-state index contributed by atoms with van der Waals surface area (Å²) in [4.78, 5) is 16.2. The molecule has 2 aromatic rings. The zero-order valence-corrected chi connectivity index (χ0v) is 17.5. The van der Waals surface area contributed by atoms with E-state index in [0.29, 0.717) is 25.2 Å². The summed E-state index contributed by atoms with van der Waals surface area (Å²) in [6, 6.07) is 16.5. The highest BCUT2D eigenvalue weighted by atomic mass is 32.2. The Hall–Kier alpha value is -2.42. The quantitative estimate of drug-likeness (QED) is 0.689. The van der Waals surface area contributed by atoms with Crippen LogP contribution < -0.4 is 14.9 Å². The van der Waals surface area contributed by atoms with Gasteiger partial charge in [0, 0.05) is 57.1 Å². The second kappa shape index (κ2) is 9.87. The first-order valence-corrected chi connectivity index (χ1v) is 11.4. The van der Waals surface area contributed by atoms with Crippen LogP contribution in [0.3, 0.4) is 0 Å². The van der Waals surface area contributed by atoms with Crippen LogP contribution >= 0.6 is 0 Å². The molecule has 0 unspecified atom stereocenters. The van der Waals surface area contributed by atoms with Crippen molar-refractivity contribution in [3.63, 3.8) is 0 Å². The zero-order valence-electron chi connectivity index (χ0n) is 16.7. The number of carbonyl (C=O) groups excluding carboxylic acids is 1. The fourth-order valence-corrected chi connectivity index (χ4v) is 4.28. The lowest BCUT2D eigenvalue weighted by atomic mass is 10.2. The maximum Gasteiger partial charge on any atom is 0.240 e. The molecule has 0 radical (unpaired) electrons. The summed E-state index contributed by atoms with van der Waals surface area (Å²) in [6.45, 7) is 6.47. The van der Waals surface area contributed by atoms with E-state index >= 15 is 0 Å². The van der Waals surface area contributed by atoms with Gasteiger partial charge in [0.1, 0.15) is 0 Å². The highest BCUT2D eigenvalue weighted by Gasteiger charge is 2.18. The van der Waals surface area contributed by atoms with Crippen LogP contribution in [-0.4, -0.2) is 58.5 Å². The molecule has 0 bridgehead atoms. The van der Waals surface area contributed by atoms with Crippen molar-refractivity contribution in [2.24, 2.45) is 0 Å². The van der Waals surface area contributed by atoms with Crippen LogP contribution in [0.5, 0.6) is 0 Å². The molecular formula is C21H28N4O3S. The molecule has 1 amide bonds. The lowest BCUT2D eigenvalue weighted by molar-refractivity contribution is -0.115. The third kappa shape index (κ3) is 6.03. The number of piperazine rings is 1. The standard InChI is InChI=1S/C21H28N4O3S/c1-2-21(26)23-18-8-10-20(11-9-18)29(27,28)22-12-13-24-14-16-25(17-15-24)19-6-4-3-5-7-19/h3-11,22H,2,12-17H2,1H3,(H,23,26). The number of hydrogen-bond acceptors (Lipinski definition) is 5. The number of para-hydroxylation sites is 1. The van der Waals surface area contributed by atoms with Gasteiger partial charge in [0.05, 0.1) is 4.90 Å². The summed E-state index contributed by atoms with van der Waals surface area (Å²) >= 11 is 0. The lowest BCUT2D eigenvalue weighted by Gasteiger charge is -2.36. The molecule has 0 atom stereocenters. The van der Waals surface area contributed by atoms with Crippen molar-refractivity contribution in [3.8, 4) is 0 Å². The third-order valence-corrected chi connectivity index (χ3v) is 6.46. The Morgan fingerprint density at radius 2 is 1.62 bits per heavy atom. The number of hydrogen-bond donors (Lipinski definition) is 2. The van der Waals surface area contributed by atoms with Gasteiger partial charge < -0.3 is 10.2 Å². The molecule has 1 aliphatic heterocycles.